The number of aliphatic carboxylic acids is 1. The van der Waals surface area contributed by atoms with Gasteiger partial charge in [0.1, 0.15) is 11.5 Å². The van der Waals surface area contributed by atoms with Crippen molar-refractivity contribution < 1.29 is 28.9 Å². The number of hydrogen-bond acceptors (Lipinski definition) is 5. The largest absolute Gasteiger partial charge is 0.496 e. The van der Waals surface area contributed by atoms with Gasteiger partial charge in [-0.1, -0.05) is 0 Å². The lowest BCUT2D eigenvalue weighted by atomic mass is 9.80. The van der Waals surface area contributed by atoms with Crippen molar-refractivity contribution in [3.63, 3.8) is 0 Å². The van der Waals surface area contributed by atoms with Crippen molar-refractivity contribution in [1.82, 2.24) is 5.32 Å². The summed E-state index contributed by atoms with van der Waals surface area (Å²) < 4.78 is 15.8. The SMILES string of the molecule is COc1ccc(OCC(=O)NCC2(C(=O)O)CCOCC2)cc1C. The minimum absolute atomic E-state index is 0.0789. The maximum absolute atomic E-state index is 11.9. The first-order valence-electron chi connectivity index (χ1n) is 7.82. The summed E-state index contributed by atoms with van der Waals surface area (Å²) in [6, 6.07) is 5.27. The molecule has 2 N–H and O–H groups in total. The molecule has 7 nitrogen and oxygen atoms in total. The van der Waals surface area contributed by atoms with Gasteiger partial charge in [0.2, 0.25) is 0 Å². The quantitative estimate of drug-likeness (QED) is 0.781. The first-order valence-corrected chi connectivity index (χ1v) is 7.82. The molecule has 1 aliphatic rings. The normalized spacial score (nSPS) is 16.2. The van der Waals surface area contributed by atoms with Gasteiger partial charge in [-0.2, -0.15) is 0 Å². The van der Waals surface area contributed by atoms with E-state index in [1.54, 1.807) is 25.3 Å². The Balaban J connectivity index is 1.84. The Kier molecular flexibility index (Phi) is 6.03. The van der Waals surface area contributed by atoms with Crippen LogP contribution in [-0.4, -0.2) is 50.5 Å². The molecule has 0 atom stereocenters. The average molecular weight is 337 g/mol. The third-order valence-electron chi connectivity index (χ3n) is 4.26. The van der Waals surface area contributed by atoms with Gasteiger partial charge in [0.25, 0.3) is 5.91 Å². The van der Waals surface area contributed by atoms with Gasteiger partial charge in [0, 0.05) is 19.8 Å². The lowest BCUT2D eigenvalue weighted by Gasteiger charge is -2.33. The summed E-state index contributed by atoms with van der Waals surface area (Å²) in [4.78, 5) is 23.5. The van der Waals surface area contributed by atoms with Crippen LogP contribution >= 0.6 is 0 Å². The number of ether oxygens (including phenoxy) is 3. The highest BCUT2D eigenvalue weighted by atomic mass is 16.5. The van der Waals surface area contributed by atoms with Crippen molar-refractivity contribution in [3.8, 4) is 11.5 Å². The molecule has 7 heteroatoms. The molecule has 2 rings (SSSR count). The monoisotopic (exact) mass is 337 g/mol. The lowest BCUT2D eigenvalue weighted by molar-refractivity contribution is -0.154. The van der Waals surface area contributed by atoms with Gasteiger partial charge in [0.05, 0.1) is 12.5 Å². The van der Waals surface area contributed by atoms with Crippen molar-refractivity contribution in [3.05, 3.63) is 23.8 Å². The Morgan fingerprint density at radius 2 is 2.04 bits per heavy atom. The highest BCUT2D eigenvalue weighted by Crippen LogP contribution is 2.30. The molecule has 1 saturated heterocycles. The molecule has 0 bridgehead atoms. The Hall–Kier alpha value is -2.28. The fraction of sp³-hybridized carbons (Fsp3) is 0.529. The first kappa shape index (κ1) is 18.1. The highest BCUT2D eigenvalue weighted by molar-refractivity contribution is 5.80. The number of methoxy groups -OCH3 is 1. The second kappa shape index (κ2) is 8.01. The number of carboxylic acid groups (broad SMARTS) is 1. The van der Waals surface area contributed by atoms with Gasteiger partial charge in [0.15, 0.2) is 6.61 Å². The van der Waals surface area contributed by atoms with Gasteiger partial charge in [-0.15, -0.1) is 0 Å². The molecule has 1 fully saturated rings. The molecule has 0 saturated carbocycles. The van der Waals surface area contributed by atoms with Crippen molar-refractivity contribution >= 4 is 11.9 Å². The smallest absolute Gasteiger partial charge is 0.311 e. The van der Waals surface area contributed by atoms with E-state index >= 15 is 0 Å². The van der Waals surface area contributed by atoms with Crippen LogP contribution in [0.4, 0.5) is 0 Å². The van der Waals surface area contributed by atoms with Crippen LogP contribution in [0.3, 0.4) is 0 Å². The maximum Gasteiger partial charge on any atom is 0.311 e. The van der Waals surface area contributed by atoms with Gasteiger partial charge in [-0.25, -0.2) is 0 Å². The van der Waals surface area contributed by atoms with E-state index in [1.807, 2.05) is 6.92 Å². The molecule has 1 heterocycles. The van der Waals surface area contributed by atoms with E-state index in [9.17, 15) is 14.7 Å². The standard InChI is InChI=1S/C17H23NO6/c1-12-9-13(3-4-14(12)22-2)24-10-15(19)18-11-17(16(20)21)5-7-23-8-6-17/h3-4,9H,5-8,10-11H2,1-2H3,(H,18,19)(H,20,21). The van der Waals surface area contributed by atoms with E-state index < -0.39 is 11.4 Å². The van der Waals surface area contributed by atoms with Crippen LogP contribution in [0, 0.1) is 12.3 Å². The molecule has 0 spiro atoms. The van der Waals surface area contributed by atoms with Crippen molar-refractivity contribution in [2.75, 3.05) is 33.5 Å². The first-order chi connectivity index (χ1) is 11.5. The van der Waals surface area contributed by atoms with Crippen molar-refractivity contribution in [1.29, 1.82) is 0 Å². The van der Waals surface area contributed by atoms with E-state index in [0.29, 0.717) is 31.8 Å². The molecule has 0 aromatic heterocycles. The van der Waals surface area contributed by atoms with E-state index in [2.05, 4.69) is 5.32 Å². The topological polar surface area (TPSA) is 94.1 Å². The molecular formula is C17H23NO6. The summed E-state index contributed by atoms with van der Waals surface area (Å²) in [6.07, 6.45) is 0.780. The predicted molar refractivity (Wildman–Crippen MR) is 86.4 cm³/mol. The molecule has 1 aromatic carbocycles. The zero-order valence-corrected chi connectivity index (χ0v) is 14.0. The van der Waals surface area contributed by atoms with Gasteiger partial charge in [-0.3, -0.25) is 9.59 Å². The molecule has 1 aliphatic heterocycles. The van der Waals surface area contributed by atoms with E-state index in [0.717, 1.165) is 11.3 Å². The van der Waals surface area contributed by atoms with Crippen LogP contribution in [0.2, 0.25) is 0 Å². The van der Waals surface area contributed by atoms with Crippen LogP contribution in [0.25, 0.3) is 0 Å². The Bertz CT molecular complexity index is 595. The predicted octanol–water partition coefficient (Wildman–Crippen LogP) is 1.38. The Morgan fingerprint density at radius 1 is 1.33 bits per heavy atom. The Labute approximate surface area is 140 Å². The van der Waals surface area contributed by atoms with Crippen molar-refractivity contribution in [2.24, 2.45) is 5.41 Å². The second-order valence-electron chi connectivity index (χ2n) is 5.89. The van der Waals surface area contributed by atoms with Crippen LogP contribution in [0.1, 0.15) is 18.4 Å². The summed E-state index contributed by atoms with van der Waals surface area (Å²) in [5.74, 6) is 0.0468. The summed E-state index contributed by atoms with van der Waals surface area (Å²) in [7, 11) is 1.59. The maximum atomic E-state index is 11.9. The zero-order valence-electron chi connectivity index (χ0n) is 14.0. The molecule has 0 aliphatic carbocycles. The summed E-state index contributed by atoms with van der Waals surface area (Å²) >= 11 is 0. The molecule has 0 unspecified atom stereocenters. The van der Waals surface area contributed by atoms with Gasteiger partial charge >= 0.3 is 5.97 Å². The molecular weight excluding hydrogens is 314 g/mol. The number of carbonyl (C=O) groups is 2. The van der Waals surface area contributed by atoms with E-state index in [-0.39, 0.29) is 19.1 Å². The lowest BCUT2D eigenvalue weighted by Crippen LogP contribution is -2.47. The van der Waals surface area contributed by atoms with Crippen molar-refractivity contribution in [2.45, 2.75) is 19.8 Å². The minimum Gasteiger partial charge on any atom is -0.496 e. The second-order valence-corrected chi connectivity index (χ2v) is 5.89. The molecule has 1 amide bonds. The third kappa shape index (κ3) is 4.38. The van der Waals surface area contributed by atoms with Crippen LogP contribution in [-0.2, 0) is 14.3 Å². The van der Waals surface area contributed by atoms with Crippen LogP contribution < -0.4 is 14.8 Å². The number of hydrogen-bond donors (Lipinski definition) is 2. The molecule has 0 radical (unpaired) electrons. The number of nitrogens with one attached hydrogen (secondary N) is 1. The summed E-state index contributed by atoms with van der Waals surface area (Å²) in [6.45, 7) is 2.58. The number of rotatable bonds is 7. The Morgan fingerprint density at radius 3 is 2.62 bits per heavy atom. The van der Waals surface area contributed by atoms with E-state index in [1.165, 1.54) is 0 Å². The zero-order chi connectivity index (χ0) is 17.6. The number of aryl methyl sites for hydroxylation is 1. The fourth-order valence-corrected chi connectivity index (χ4v) is 2.64. The molecule has 132 valence electrons. The number of carbonyl (C=O) groups excluding carboxylic acids is 1. The number of carboxylic acids is 1. The fourth-order valence-electron chi connectivity index (χ4n) is 2.64. The molecule has 24 heavy (non-hydrogen) atoms. The molecule has 1 aromatic rings. The van der Waals surface area contributed by atoms with Crippen LogP contribution in [0.15, 0.2) is 18.2 Å². The van der Waals surface area contributed by atoms with Gasteiger partial charge in [-0.05, 0) is 43.5 Å². The summed E-state index contributed by atoms with van der Waals surface area (Å²) in [5, 5.41) is 12.1. The third-order valence-corrected chi connectivity index (χ3v) is 4.26. The van der Waals surface area contributed by atoms with Gasteiger partial charge < -0.3 is 24.6 Å². The van der Waals surface area contributed by atoms with E-state index in [4.69, 9.17) is 14.2 Å². The van der Waals surface area contributed by atoms with Crippen LogP contribution in [0.5, 0.6) is 11.5 Å². The number of benzene rings is 1. The summed E-state index contributed by atoms with van der Waals surface area (Å²) in [5.41, 5.74) is -0.0487. The average Bonchev–Trinajstić information content (AvgIpc) is 2.59. The highest BCUT2D eigenvalue weighted by Gasteiger charge is 2.40. The minimum atomic E-state index is -0.954. The number of amides is 1.